The van der Waals surface area contributed by atoms with Gasteiger partial charge in [0.2, 0.25) is 0 Å². The number of aromatic nitrogens is 1. The summed E-state index contributed by atoms with van der Waals surface area (Å²) in [4.78, 5) is 29.3. The summed E-state index contributed by atoms with van der Waals surface area (Å²) >= 11 is 0. The fourth-order valence-corrected chi connectivity index (χ4v) is 3.53. The second-order valence-corrected chi connectivity index (χ2v) is 7.61. The van der Waals surface area contributed by atoms with E-state index in [1.165, 1.54) is 0 Å². The number of para-hydroxylation sites is 2. The maximum absolute atomic E-state index is 12.4. The fraction of sp³-hybridized carbons (Fsp3) is 0.240. The molecule has 0 unspecified atom stereocenters. The van der Waals surface area contributed by atoms with Crippen molar-refractivity contribution in [3.63, 3.8) is 0 Å². The van der Waals surface area contributed by atoms with E-state index < -0.39 is 18.5 Å². The molecule has 0 bridgehead atoms. The van der Waals surface area contributed by atoms with Crippen LogP contribution in [0.1, 0.15) is 25.1 Å². The number of aryl methyl sites for hydroxylation is 1. The molecule has 0 aliphatic rings. The smallest absolute Gasteiger partial charge is 0.326 e. The number of nitrogens with zero attached hydrogens (tertiary/aromatic N) is 2. The van der Waals surface area contributed by atoms with Gasteiger partial charge >= 0.3 is 5.97 Å². The molecule has 0 spiro atoms. The first-order chi connectivity index (χ1) is 15.3. The number of nitrogens with two attached hydrogens (primary N) is 1. The van der Waals surface area contributed by atoms with E-state index >= 15 is 0 Å². The van der Waals surface area contributed by atoms with Gasteiger partial charge in [-0.1, -0.05) is 36.4 Å². The van der Waals surface area contributed by atoms with Gasteiger partial charge < -0.3 is 20.4 Å². The highest BCUT2D eigenvalue weighted by atomic mass is 16.5. The standard InChI is InChI=1S/C25H28N4O3/c1-16-19(4)29(22-13-9-8-12-21(16)22)14-24(31)32-15-23(30)28-25(17(2)26)18(3)27-20-10-6-5-7-11-20/h5-13H,14-15,26H2,1-4H3,(H,28,30). The molecular weight excluding hydrogens is 404 g/mol. The minimum absolute atomic E-state index is 0.0283. The van der Waals surface area contributed by atoms with Crippen LogP contribution in [-0.2, 0) is 20.9 Å². The van der Waals surface area contributed by atoms with Gasteiger partial charge in [0.25, 0.3) is 5.91 Å². The zero-order chi connectivity index (χ0) is 23.3. The SMILES string of the molecule is CC(=Nc1ccccc1)C(NC(=O)COC(=O)Cn1c(C)c(C)c2ccccc21)=C(C)N. The Labute approximate surface area is 187 Å². The molecule has 2 aromatic carbocycles. The van der Waals surface area contributed by atoms with Crippen LogP contribution in [0.3, 0.4) is 0 Å². The number of benzene rings is 2. The summed E-state index contributed by atoms with van der Waals surface area (Å²) in [6.45, 7) is 7.04. The maximum atomic E-state index is 12.4. The van der Waals surface area contributed by atoms with Gasteiger partial charge in [-0.25, -0.2) is 0 Å². The number of rotatable bonds is 7. The molecule has 3 N–H and O–H groups in total. The Morgan fingerprint density at radius 3 is 2.38 bits per heavy atom. The quantitative estimate of drug-likeness (QED) is 0.437. The minimum atomic E-state index is -0.492. The fourth-order valence-electron chi connectivity index (χ4n) is 3.53. The third-order valence-corrected chi connectivity index (χ3v) is 5.27. The number of nitrogens with one attached hydrogen (secondary N) is 1. The monoisotopic (exact) mass is 432 g/mol. The molecule has 0 aliphatic heterocycles. The number of ether oxygens (including phenoxy) is 1. The van der Waals surface area contributed by atoms with E-state index in [0.29, 0.717) is 17.1 Å². The lowest BCUT2D eigenvalue weighted by Gasteiger charge is -2.13. The summed E-state index contributed by atoms with van der Waals surface area (Å²) in [6, 6.07) is 17.2. The van der Waals surface area contributed by atoms with E-state index in [9.17, 15) is 9.59 Å². The summed E-state index contributed by atoms with van der Waals surface area (Å²) in [5.41, 5.74) is 11.1. The molecule has 32 heavy (non-hydrogen) atoms. The predicted molar refractivity (Wildman–Crippen MR) is 127 cm³/mol. The third-order valence-electron chi connectivity index (χ3n) is 5.27. The number of amides is 1. The van der Waals surface area contributed by atoms with Crippen LogP contribution in [0.25, 0.3) is 10.9 Å². The number of hydrogen-bond acceptors (Lipinski definition) is 5. The van der Waals surface area contributed by atoms with Gasteiger partial charge in [-0.3, -0.25) is 14.6 Å². The van der Waals surface area contributed by atoms with E-state index in [2.05, 4.69) is 10.3 Å². The van der Waals surface area contributed by atoms with Crippen LogP contribution in [-0.4, -0.2) is 28.8 Å². The maximum Gasteiger partial charge on any atom is 0.326 e. The number of fused-ring (bicyclic) bond motifs is 1. The van der Waals surface area contributed by atoms with Crippen LogP contribution in [0, 0.1) is 13.8 Å². The van der Waals surface area contributed by atoms with Crippen LogP contribution in [0.5, 0.6) is 0 Å². The van der Waals surface area contributed by atoms with Gasteiger partial charge in [0.1, 0.15) is 6.54 Å². The molecule has 1 aromatic heterocycles. The predicted octanol–water partition coefficient (Wildman–Crippen LogP) is 3.90. The second-order valence-electron chi connectivity index (χ2n) is 7.61. The highest BCUT2D eigenvalue weighted by Gasteiger charge is 2.16. The molecule has 0 saturated heterocycles. The van der Waals surface area contributed by atoms with Gasteiger partial charge in [-0.15, -0.1) is 0 Å². The van der Waals surface area contributed by atoms with Crippen LogP contribution in [0.2, 0.25) is 0 Å². The topological polar surface area (TPSA) is 98.7 Å². The van der Waals surface area contributed by atoms with Crippen molar-refractivity contribution in [1.29, 1.82) is 0 Å². The van der Waals surface area contributed by atoms with Crippen molar-refractivity contribution in [2.24, 2.45) is 10.7 Å². The summed E-state index contributed by atoms with van der Waals surface area (Å²) in [6.07, 6.45) is 0. The van der Waals surface area contributed by atoms with E-state index in [4.69, 9.17) is 10.5 Å². The highest BCUT2D eigenvalue weighted by molar-refractivity contribution is 6.03. The van der Waals surface area contributed by atoms with E-state index in [1.54, 1.807) is 13.8 Å². The average Bonchev–Trinajstić information content (AvgIpc) is 3.01. The Kier molecular flexibility index (Phi) is 7.10. The van der Waals surface area contributed by atoms with E-state index in [1.807, 2.05) is 73.0 Å². The Morgan fingerprint density at radius 2 is 1.69 bits per heavy atom. The number of esters is 1. The third kappa shape index (κ3) is 5.24. The lowest BCUT2D eigenvalue weighted by molar-refractivity contribution is -0.148. The van der Waals surface area contributed by atoms with Crippen molar-refractivity contribution in [3.05, 3.63) is 77.2 Å². The lowest BCUT2D eigenvalue weighted by atomic mass is 10.2. The number of aliphatic imine (C=N–C) groups is 1. The molecule has 0 saturated carbocycles. The molecule has 7 nitrogen and oxygen atoms in total. The Morgan fingerprint density at radius 1 is 1.03 bits per heavy atom. The van der Waals surface area contributed by atoms with Gasteiger partial charge in [0.05, 0.1) is 17.1 Å². The summed E-state index contributed by atoms with van der Waals surface area (Å²) in [5.74, 6) is -0.972. The summed E-state index contributed by atoms with van der Waals surface area (Å²) < 4.78 is 7.12. The Balaban J connectivity index is 1.63. The van der Waals surface area contributed by atoms with Crippen molar-refractivity contribution >= 4 is 34.2 Å². The first kappa shape index (κ1) is 22.8. The largest absolute Gasteiger partial charge is 0.454 e. The lowest BCUT2D eigenvalue weighted by Crippen LogP contribution is -2.33. The molecule has 0 radical (unpaired) electrons. The Hall–Kier alpha value is -3.87. The molecule has 7 heteroatoms. The zero-order valence-electron chi connectivity index (χ0n) is 18.8. The number of hydrogen-bond donors (Lipinski definition) is 2. The molecule has 3 rings (SSSR count). The first-order valence-corrected chi connectivity index (χ1v) is 10.3. The van der Waals surface area contributed by atoms with E-state index in [0.717, 1.165) is 27.8 Å². The normalized spacial score (nSPS) is 12.4. The van der Waals surface area contributed by atoms with Crippen LogP contribution >= 0.6 is 0 Å². The van der Waals surface area contributed by atoms with Crippen LogP contribution in [0.4, 0.5) is 5.69 Å². The molecule has 1 heterocycles. The zero-order valence-corrected chi connectivity index (χ0v) is 18.8. The molecule has 0 aliphatic carbocycles. The number of carbonyl (C=O) groups is 2. The molecule has 0 fully saturated rings. The Bertz CT molecular complexity index is 1200. The molecule has 3 aromatic rings. The van der Waals surface area contributed by atoms with Crippen molar-refractivity contribution in [2.75, 3.05) is 6.61 Å². The highest BCUT2D eigenvalue weighted by Crippen LogP contribution is 2.24. The van der Waals surface area contributed by atoms with Crippen molar-refractivity contribution in [2.45, 2.75) is 34.2 Å². The molecule has 166 valence electrons. The van der Waals surface area contributed by atoms with E-state index in [-0.39, 0.29) is 6.54 Å². The molecule has 1 amide bonds. The van der Waals surface area contributed by atoms with Crippen LogP contribution < -0.4 is 11.1 Å². The van der Waals surface area contributed by atoms with Gasteiger partial charge in [0, 0.05) is 22.3 Å². The molecular formula is C25H28N4O3. The van der Waals surface area contributed by atoms with Crippen LogP contribution in [0.15, 0.2) is 71.0 Å². The first-order valence-electron chi connectivity index (χ1n) is 10.3. The van der Waals surface area contributed by atoms with Gasteiger partial charge in [-0.05, 0) is 51.5 Å². The second kappa shape index (κ2) is 9.96. The molecule has 0 atom stereocenters. The summed E-state index contributed by atoms with van der Waals surface area (Å²) in [5, 5.41) is 3.80. The van der Waals surface area contributed by atoms with Crippen molar-refractivity contribution in [1.82, 2.24) is 9.88 Å². The van der Waals surface area contributed by atoms with Crippen molar-refractivity contribution in [3.8, 4) is 0 Å². The number of carbonyl (C=O) groups excluding carboxylic acids is 2. The van der Waals surface area contributed by atoms with Gasteiger partial charge in [0.15, 0.2) is 6.61 Å². The van der Waals surface area contributed by atoms with Crippen molar-refractivity contribution < 1.29 is 14.3 Å². The average molecular weight is 433 g/mol. The summed E-state index contributed by atoms with van der Waals surface area (Å²) in [7, 11) is 0. The van der Waals surface area contributed by atoms with Gasteiger partial charge in [-0.2, -0.15) is 0 Å². The number of allylic oxidation sites excluding steroid dienone is 2. The minimum Gasteiger partial charge on any atom is -0.454 e.